The second-order valence-electron chi connectivity index (χ2n) is 7.87. The maximum Gasteiger partial charge on any atom is 0.0195 e. The van der Waals surface area contributed by atoms with Gasteiger partial charge in [-0.2, -0.15) is 0 Å². The maximum atomic E-state index is 6.75. The zero-order chi connectivity index (χ0) is 15.5. The minimum Gasteiger partial charge on any atom is -0.325 e. The molecule has 21 heavy (non-hydrogen) atoms. The van der Waals surface area contributed by atoms with Crippen LogP contribution in [-0.4, -0.2) is 5.54 Å². The summed E-state index contributed by atoms with van der Waals surface area (Å²) in [5.41, 5.74) is 9.60. The molecule has 2 atom stereocenters. The molecule has 0 amide bonds. The lowest BCUT2D eigenvalue weighted by Gasteiger charge is -2.29. The van der Waals surface area contributed by atoms with Crippen LogP contribution in [0.1, 0.15) is 76.8 Å². The van der Waals surface area contributed by atoms with Gasteiger partial charge in [0.2, 0.25) is 0 Å². The molecule has 1 nitrogen and oxygen atoms in total. The van der Waals surface area contributed by atoms with Gasteiger partial charge in [-0.1, -0.05) is 64.8 Å². The molecule has 118 valence electrons. The van der Waals surface area contributed by atoms with E-state index < -0.39 is 0 Å². The average Bonchev–Trinajstić information content (AvgIpc) is 2.61. The third-order valence-corrected chi connectivity index (χ3v) is 5.41. The minimum absolute atomic E-state index is 0.0169. The third-order valence-electron chi connectivity index (χ3n) is 5.41. The van der Waals surface area contributed by atoms with Gasteiger partial charge in [0, 0.05) is 5.54 Å². The predicted molar refractivity (Wildman–Crippen MR) is 92.6 cm³/mol. The first kappa shape index (κ1) is 16.5. The number of nitrogens with two attached hydrogens (primary N) is 1. The van der Waals surface area contributed by atoms with Crippen LogP contribution in [0.4, 0.5) is 0 Å². The highest BCUT2D eigenvalue weighted by molar-refractivity contribution is 5.26. The zero-order valence-corrected chi connectivity index (χ0v) is 14.4. The fourth-order valence-electron chi connectivity index (χ4n) is 3.73. The first-order valence-corrected chi connectivity index (χ1v) is 8.77. The van der Waals surface area contributed by atoms with Crippen LogP contribution >= 0.6 is 0 Å². The molecule has 2 unspecified atom stereocenters. The molecule has 2 rings (SSSR count). The molecule has 0 aliphatic heterocycles. The van der Waals surface area contributed by atoms with Gasteiger partial charge >= 0.3 is 0 Å². The van der Waals surface area contributed by atoms with E-state index in [9.17, 15) is 0 Å². The molecular weight excluding hydrogens is 254 g/mol. The third kappa shape index (κ3) is 4.57. The highest BCUT2D eigenvalue weighted by Crippen LogP contribution is 2.34. The Labute approximate surface area is 131 Å². The molecular formula is C20H33N. The Balaban J connectivity index is 2.00. The Morgan fingerprint density at radius 2 is 1.71 bits per heavy atom. The van der Waals surface area contributed by atoms with Gasteiger partial charge in [0.25, 0.3) is 0 Å². The van der Waals surface area contributed by atoms with E-state index >= 15 is 0 Å². The van der Waals surface area contributed by atoms with Gasteiger partial charge < -0.3 is 5.73 Å². The molecule has 2 N–H and O–H groups in total. The summed E-state index contributed by atoms with van der Waals surface area (Å²) in [5, 5.41) is 0. The second-order valence-corrected chi connectivity index (χ2v) is 7.87. The normalized spacial score (nSPS) is 27.1. The fourth-order valence-corrected chi connectivity index (χ4v) is 3.73. The van der Waals surface area contributed by atoms with Crippen molar-refractivity contribution < 1.29 is 0 Å². The van der Waals surface area contributed by atoms with Gasteiger partial charge in [-0.25, -0.2) is 0 Å². The van der Waals surface area contributed by atoms with Crippen molar-refractivity contribution in [1.29, 1.82) is 0 Å². The molecule has 1 aromatic carbocycles. The summed E-state index contributed by atoms with van der Waals surface area (Å²) >= 11 is 0. The highest BCUT2D eigenvalue weighted by atomic mass is 14.7. The van der Waals surface area contributed by atoms with Crippen molar-refractivity contribution in [3.05, 3.63) is 35.4 Å². The molecule has 0 spiro atoms. The second kappa shape index (κ2) is 6.96. The first-order chi connectivity index (χ1) is 9.89. The first-order valence-electron chi connectivity index (χ1n) is 8.77. The Bertz CT molecular complexity index is 432. The monoisotopic (exact) mass is 287 g/mol. The van der Waals surface area contributed by atoms with Crippen molar-refractivity contribution in [1.82, 2.24) is 0 Å². The average molecular weight is 287 g/mol. The Morgan fingerprint density at radius 3 is 2.29 bits per heavy atom. The largest absolute Gasteiger partial charge is 0.325 e. The van der Waals surface area contributed by atoms with Crippen molar-refractivity contribution in [2.75, 3.05) is 0 Å². The highest BCUT2D eigenvalue weighted by Gasteiger charge is 2.30. The Morgan fingerprint density at radius 1 is 1.05 bits per heavy atom. The van der Waals surface area contributed by atoms with Gasteiger partial charge in [0.05, 0.1) is 0 Å². The summed E-state index contributed by atoms with van der Waals surface area (Å²) in [6.07, 6.45) is 7.37. The van der Waals surface area contributed by atoms with Crippen LogP contribution in [0, 0.1) is 11.8 Å². The number of benzene rings is 1. The van der Waals surface area contributed by atoms with E-state index in [4.69, 9.17) is 5.73 Å². The van der Waals surface area contributed by atoms with Crippen LogP contribution < -0.4 is 5.73 Å². The van der Waals surface area contributed by atoms with Crippen LogP contribution in [-0.2, 0) is 6.42 Å². The van der Waals surface area contributed by atoms with Gasteiger partial charge in [0.15, 0.2) is 0 Å². The van der Waals surface area contributed by atoms with E-state index in [0.29, 0.717) is 5.92 Å². The number of hydrogen-bond acceptors (Lipinski definition) is 1. The van der Waals surface area contributed by atoms with Gasteiger partial charge in [0.1, 0.15) is 0 Å². The maximum absolute atomic E-state index is 6.75. The van der Waals surface area contributed by atoms with Crippen molar-refractivity contribution in [3.63, 3.8) is 0 Å². The lowest BCUT2D eigenvalue weighted by Crippen LogP contribution is -2.41. The lowest BCUT2D eigenvalue weighted by molar-refractivity contribution is 0.322. The molecule has 0 saturated heterocycles. The summed E-state index contributed by atoms with van der Waals surface area (Å²) in [6.45, 7) is 9.21. The van der Waals surface area contributed by atoms with Crippen LogP contribution in [0.25, 0.3) is 0 Å². The van der Waals surface area contributed by atoms with Gasteiger partial charge in [-0.15, -0.1) is 0 Å². The van der Waals surface area contributed by atoms with Gasteiger partial charge in [-0.3, -0.25) is 0 Å². The van der Waals surface area contributed by atoms with E-state index in [1.807, 2.05) is 0 Å². The molecule has 0 aromatic heterocycles. The Kier molecular flexibility index (Phi) is 5.48. The summed E-state index contributed by atoms with van der Waals surface area (Å²) < 4.78 is 0. The van der Waals surface area contributed by atoms with E-state index in [1.165, 1.54) is 43.2 Å². The van der Waals surface area contributed by atoms with E-state index in [1.54, 1.807) is 0 Å². The summed E-state index contributed by atoms with van der Waals surface area (Å²) in [5.74, 6) is 2.28. The fraction of sp³-hybridized carbons (Fsp3) is 0.700. The Hall–Kier alpha value is -0.820. The number of rotatable bonds is 4. The number of hydrogen-bond donors (Lipinski definition) is 1. The summed E-state index contributed by atoms with van der Waals surface area (Å²) in [6, 6.07) is 9.12. The molecule has 0 radical (unpaired) electrons. The molecule has 1 aliphatic rings. The molecule has 1 fully saturated rings. The van der Waals surface area contributed by atoms with E-state index in [0.717, 1.165) is 18.3 Å². The van der Waals surface area contributed by atoms with Crippen molar-refractivity contribution in [3.8, 4) is 0 Å². The van der Waals surface area contributed by atoms with Crippen LogP contribution in [0.3, 0.4) is 0 Å². The van der Waals surface area contributed by atoms with Crippen LogP contribution in [0.15, 0.2) is 24.3 Å². The van der Waals surface area contributed by atoms with Crippen LogP contribution in [0.2, 0.25) is 0 Å². The van der Waals surface area contributed by atoms with Crippen molar-refractivity contribution in [2.45, 2.75) is 77.7 Å². The van der Waals surface area contributed by atoms with Crippen LogP contribution in [0.5, 0.6) is 0 Å². The molecule has 1 saturated carbocycles. The van der Waals surface area contributed by atoms with E-state index in [2.05, 4.69) is 52.0 Å². The molecule has 1 heteroatoms. The standard InChI is InChI=1S/C20H33N/c1-15(2)18-6-5-12-20(21,13-11-18)14-17-7-9-19(10-8-17)16(3)4/h7-10,15-16,18H,5-6,11-14,21H2,1-4H3. The molecule has 0 bridgehead atoms. The van der Waals surface area contributed by atoms with Crippen molar-refractivity contribution >= 4 is 0 Å². The molecule has 1 aromatic rings. The smallest absolute Gasteiger partial charge is 0.0195 e. The van der Waals surface area contributed by atoms with Crippen molar-refractivity contribution in [2.24, 2.45) is 17.6 Å². The quantitative estimate of drug-likeness (QED) is 0.748. The predicted octanol–water partition coefficient (Wildman–Crippen LogP) is 5.29. The molecule has 0 heterocycles. The van der Waals surface area contributed by atoms with E-state index in [-0.39, 0.29) is 5.54 Å². The minimum atomic E-state index is 0.0169. The molecule has 1 aliphatic carbocycles. The SMILES string of the molecule is CC(C)c1ccc(CC2(N)CCCC(C(C)C)CC2)cc1. The van der Waals surface area contributed by atoms with Gasteiger partial charge in [-0.05, 0) is 54.6 Å². The topological polar surface area (TPSA) is 26.0 Å². The zero-order valence-electron chi connectivity index (χ0n) is 14.4. The summed E-state index contributed by atoms with van der Waals surface area (Å²) in [4.78, 5) is 0. The summed E-state index contributed by atoms with van der Waals surface area (Å²) in [7, 11) is 0. The lowest BCUT2D eigenvalue weighted by atomic mass is 9.83.